The van der Waals surface area contributed by atoms with E-state index in [-0.39, 0.29) is 45.1 Å². The summed E-state index contributed by atoms with van der Waals surface area (Å²) >= 11 is 0. The minimum atomic E-state index is -1.70. The van der Waals surface area contributed by atoms with E-state index in [9.17, 15) is 34.2 Å². The van der Waals surface area contributed by atoms with Gasteiger partial charge in [-0.05, 0) is 44.9 Å². The van der Waals surface area contributed by atoms with Gasteiger partial charge in [-0.15, -0.1) is 0 Å². The lowest BCUT2D eigenvalue weighted by atomic mass is 9.40. The van der Waals surface area contributed by atoms with Crippen molar-refractivity contribution in [1.82, 2.24) is 0 Å². The third kappa shape index (κ3) is 5.08. The molecule has 0 radical (unpaired) electrons. The molecule has 4 fully saturated rings. The Labute approximate surface area is 245 Å². The van der Waals surface area contributed by atoms with Crippen molar-refractivity contribution in [1.29, 1.82) is 0 Å². The number of hydrogen-bond donors (Lipinski definition) is 2. The highest BCUT2D eigenvalue weighted by molar-refractivity contribution is 5.74. The monoisotopic (exact) mass is 596 g/mol. The molecule has 236 valence electrons. The molecule has 0 aliphatic heterocycles. The smallest absolute Gasteiger partial charge is 0.309 e. The van der Waals surface area contributed by atoms with E-state index in [4.69, 9.17) is 23.7 Å². The molecule has 0 aromatic heterocycles. The lowest BCUT2D eigenvalue weighted by molar-refractivity contribution is -0.320. The van der Waals surface area contributed by atoms with Gasteiger partial charge in [0.05, 0.1) is 29.1 Å². The highest BCUT2D eigenvalue weighted by Gasteiger charge is 2.77. The second-order valence-corrected chi connectivity index (χ2v) is 12.8. The van der Waals surface area contributed by atoms with Gasteiger partial charge >= 0.3 is 29.8 Å². The first-order valence-corrected chi connectivity index (χ1v) is 14.8. The van der Waals surface area contributed by atoms with Crippen molar-refractivity contribution in [2.45, 2.75) is 116 Å². The number of carbonyl (C=O) groups is 5. The van der Waals surface area contributed by atoms with Crippen LogP contribution < -0.4 is 0 Å². The lowest BCUT2D eigenvalue weighted by Gasteiger charge is -2.68. The summed E-state index contributed by atoms with van der Waals surface area (Å²) in [4.78, 5) is 62.3. The van der Waals surface area contributed by atoms with Crippen LogP contribution in [-0.2, 0) is 47.7 Å². The maximum Gasteiger partial charge on any atom is 0.309 e. The minimum absolute atomic E-state index is 0.000106. The van der Waals surface area contributed by atoms with Crippen molar-refractivity contribution < 1.29 is 57.9 Å². The van der Waals surface area contributed by atoms with E-state index in [1.807, 2.05) is 6.92 Å². The molecule has 42 heavy (non-hydrogen) atoms. The fourth-order valence-electron chi connectivity index (χ4n) is 9.23. The van der Waals surface area contributed by atoms with Gasteiger partial charge in [0.1, 0.15) is 24.9 Å². The van der Waals surface area contributed by atoms with E-state index in [1.165, 1.54) is 27.7 Å². The van der Waals surface area contributed by atoms with Crippen LogP contribution in [0.4, 0.5) is 0 Å². The van der Waals surface area contributed by atoms with Crippen LogP contribution in [-0.4, -0.2) is 82.8 Å². The number of rotatable bonds is 7. The summed E-state index contributed by atoms with van der Waals surface area (Å²) in [6, 6.07) is 0. The van der Waals surface area contributed by atoms with Crippen LogP contribution in [0.25, 0.3) is 0 Å². The molecule has 0 aromatic carbocycles. The van der Waals surface area contributed by atoms with E-state index in [1.54, 1.807) is 6.92 Å². The van der Waals surface area contributed by atoms with Gasteiger partial charge in [0.2, 0.25) is 0 Å². The van der Waals surface area contributed by atoms with Gasteiger partial charge in [-0.3, -0.25) is 24.0 Å². The Morgan fingerprint density at radius 1 is 0.810 bits per heavy atom. The number of fused-ring (bicyclic) bond motifs is 5. The summed E-state index contributed by atoms with van der Waals surface area (Å²) in [6.07, 6.45) is -1.89. The van der Waals surface area contributed by atoms with Crippen LogP contribution in [0.2, 0.25) is 0 Å². The molecule has 0 saturated heterocycles. The van der Waals surface area contributed by atoms with Crippen molar-refractivity contribution in [3.63, 3.8) is 0 Å². The number of ether oxygens (including phenoxy) is 5. The third-order valence-electron chi connectivity index (χ3n) is 10.6. The van der Waals surface area contributed by atoms with Crippen LogP contribution in [0.1, 0.15) is 86.5 Å². The molecule has 0 amide bonds. The normalized spacial score (nSPS) is 42.2. The van der Waals surface area contributed by atoms with Crippen LogP contribution in [0, 0.1) is 28.6 Å². The maximum absolute atomic E-state index is 13.1. The van der Waals surface area contributed by atoms with Gasteiger partial charge in [-0.25, -0.2) is 0 Å². The van der Waals surface area contributed by atoms with Crippen molar-refractivity contribution >= 4 is 29.8 Å². The van der Waals surface area contributed by atoms with Gasteiger partial charge in [0.25, 0.3) is 0 Å². The molecule has 0 bridgehead atoms. The van der Waals surface area contributed by atoms with Gasteiger partial charge < -0.3 is 33.9 Å². The number of aliphatic hydroxyl groups is 2. The summed E-state index contributed by atoms with van der Waals surface area (Å²) in [5.41, 5.74) is -5.72. The number of esters is 5. The predicted octanol–water partition coefficient (Wildman–Crippen LogP) is 2.00. The quantitative estimate of drug-likeness (QED) is 0.324. The number of hydrogen-bond acceptors (Lipinski definition) is 12. The molecule has 2 N–H and O–H groups in total. The first-order chi connectivity index (χ1) is 19.5. The summed E-state index contributed by atoms with van der Waals surface area (Å²) < 4.78 is 28.3. The van der Waals surface area contributed by atoms with Crippen molar-refractivity contribution in [2.75, 3.05) is 13.2 Å². The molecule has 4 rings (SSSR count). The fraction of sp³-hybridized carbons (Fsp3) is 0.833. The topological polar surface area (TPSA) is 172 Å². The van der Waals surface area contributed by atoms with Gasteiger partial charge in [0.15, 0.2) is 0 Å². The summed E-state index contributed by atoms with van der Waals surface area (Å²) in [5.74, 6) is -5.05. The molecule has 8 unspecified atom stereocenters. The zero-order chi connectivity index (χ0) is 31.3. The molecule has 4 saturated carbocycles. The van der Waals surface area contributed by atoms with E-state index in [0.717, 1.165) is 0 Å². The Kier molecular flexibility index (Phi) is 8.74. The molecule has 12 heteroatoms. The fourth-order valence-corrected chi connectivity index (χ4v) is 9.23. The van der Waals surface area contributed by atoms with E-state index in [0.29, 0.717) is 6.42 Å². The average molecular weight is 597 g/mol. The Bertz CT molecular complexity index is 1120. The van der Waals surface area contributed by atoms with Crippen LogP contribution >= 0.6 is 0 Å². The highest BCUT2D eigenvalue weighted by atomic mass is 16.6. The number of carbonyl (C=O) groups excluding carboxylic acids is 5. The molecule has 0 aromatic rings. The van der Waals surface area contributed by atoms with Crippen molar-refractivity contribution in [3.05, 3.63) is 0 Å². The molecular weight excluding hydrogens is 552 g/mol. The van der Waals surface area contributed by atoms with Crippen molar-refractivity contribution in [3.8, 4) is 0 Å². The van der Waals surface area contributed by atoms with E-state index in [2.05, 4.69) is 0 Å². The SMILES string of the molecule is CCOC(=O)C1CCC2(O)C3CCC4(O)CC(OC(C)=O)C[C@H](OC(C)=O)C4(COC(C)=O)C3[C@H](OC(C)=O)CC12C. The lowest BCUT2D eigenvalue weighted by Crippen LogP contribution is -2.76. The van der Waals surface area contributed by atoms with Gasteiger partial charge in [-0.1, -0.05) is 6.92 Å². The Balaban J connectivity index is 1.92. The molecule has 10 atom stereocenters. The Hall–Kier alpha value is -2.73. The van der Waals surface area contributed by atoms with Crippen LogP contribution in [0.5, 0.6) is 0 Å². The molecule has 12 nitrogen and oxygen atoms in total. The zero-order valence-corrected chi connectivity index (χ0v) is 25.3. The largest absolute Gasteiger partial charge is 0.466 e. The Morgan fingerprint density at radius 3 is 2.02 bits per heavy atom. The minimum Gasteiger partial charge on any atom is -0.466 e. The summed E-state index contributed by atoms with van der Waals surface area (Å²) in [6.45, 7) is 8.24. The van der Waals surface area contributed by atoms with Crippen LogP contribution in [0.15, 0.2) is 0 Å². The average Bonchev–Trinajstić information content (AvgIpc) is 3.12. The third-order valence-corrected chi connectivity index (χ3v) is 10.6. The zero-order valence-electron chi connectivity index (χ0n) is 25.3. The molecule has 0 spiro atoms. The maximum atomic E-state index is 13.1. The molecule has 4 aliphatic carbocycles. The molecule has 4 aliphatic rings. The molecular formula is C30H44O12. The van der Waals surface area contributed by atoms with E-state index >= 15 is 0 Å². The summed E-state index contributed by atoms with van der Waals surface area (Å²) in [5, 5.41) is 25.1. The molecule has 0 heterocycles. The second-order valence-electron chi connectivity index (χ2n) is 12.8. The first kappa shape index (κ1) is 32.2. The first-order valence-electron chi connectivity index (χ1n) is 14.8. The summed E-state index contributed by atoms with van der Waals surface area (Å²) in [7, 11) is 0. The van der Waals surface area contributed by atoms with Gasteiger partial charge in [0, 0.05) is 51.9 Å². The predicted molar refractivity (Wildman–Crippen MR) is 143 cm³/mol. The van der Waals surface area contributed by atoms with Crippen molar-refractivity contribution in [2.24, 2.45) is 28.6 Å². The highest BCUT2D eigenvalue weighted by Crippen LogP contribution is 2.71. The van der Waals surface area contributed by atoms with Gasteiger partial charge in [-0.2, -0.15) is 0 Å². The second kappa shape index (κ2) is 11.4. The Morgan fingerprint density at radius 2 is 1.45 bits per heavy atom. The van der Waals surface area contributed by atoms with E-state index < -0.39 is 94.6 Å². The standard InChI is InChI=1S/C30H44O12/c1-7-38-26(35)22-9-11-30(37)21-8-10-28(36)13-20(40-17(3)32)12-24(42-19(5)34)29(28,15-39-16(2)31)25(21)23(41-18(4)33)14-27(22,30)6/h20-25,36-37H,7-15H2,1-6H3/t20?,21?,22?,23-,24+,25?,27?,28?,29?,30?/m1/s1. The van der Waals surface area contributed by atoms with Crippen LogP contribution in [0.3, 0.4) is 0 Å².